The van der Waals surface area contributed by atoms with Gasteiger partial charge in [-0.2, -0.15) is 0 Å². The Hall–Kier alpha value is -1.66. The van der Waals surface area contributed by atoms with Gasteiger partial charge in [0.2, 0.25) is 0 Å². The Labute approximate surface area is 127 Å². The number of carbonyl (C=O) groups excluding carboxylic acids is 1. The number of hydrogen-bond acceptors (Lipinski definition) is 4. The number of aliphatic hydroxyl groups is 1. The summed E-state index contributed by atoms with van der Waals surface area (Å²) in [5, 5.41) is 19.7. The lowest BCUT2D eigenvalue weighted by atomic mass is 9.90. The molecule has 114 valence electrons. The van der Waals surface area contributed by atoms with Gasteiger partial charge in [-0.3, -0.25) is 14.9 Å². The van der Waals surface area contributed by atoms with Gasteiger partial charge in [-0.1, -0.05) is 11.6 Å². The number of carbonyl (C=O) groups is 1. The summed E-state index contributed by atoms with van der Waals surface area (Å²) in [6.07, 6.45) is 3.48. The fourth-order valence-corrected chi connectivity index (χ4v) is 2.59. The summed E-state index contributed by atoms with van der Waals surface area (Å²) in [6.45, 7) is 0.484. The van der Waals surface area contributed by atoms with Crippen molar-refractivity contribution in [3.8, 4) is 0 Å². The zero-order valence-electron chi connectivity index (χ0n) is 11.5. The summed E-state index contributed by atoms with van der Waals surface area (Å²) in [4.78, 5) is 24.4. The molecule has 1 aromatic carbocycles. The van der Waals surface area contributed by atoms with E-state index in [1.54, 1.807) is 4.90 Å². The minimum Gasteiger partial charge on any atom is -0.396 e. The average Bonchev–Trinajstić information content (AvgIpc) is 2.40. The molecule has 21 heavy (non-hydrogen) atoms. The molecule has 0 saturated heterocycles. The van der Waals surface area contributed by atoms with Gasteiger partial charge in [0.1, 0.15) is 0 Å². The van der Waals surface area contributed by atoms with E-state index in [1.165, 1.54) is 18.2 Å². The van der Waals surface area contributed by atoms with E-state index < -0.39 is 4.92 Å². The Morgan fingerprint density at radius 3 is 2.67 bits per heavy atom. The molecule has 7 heteroatoms. The zero-order valence-corrected chi connectivity index (χ0v) is 12.3. The van der Waals surface area contributed by atoms with E-state index in [4.69, 9.17) is 16.7 Å². The molecule has 0 unspecified atom stereocenters. The smallest absolute Gasteiger partial charge is 0.270 e. The van der Waals surface area contributed by atoms with Crippen LogP contribution in [0.1, 0.15) is 36.0 Å². The molecule has 0 radical (unpaired) electrons. The fraction of sp³-hybridized carbons (Fsp3) is 0.500. The van der Waals surface area contributed by atoms with Crippen molar-refractivity contribution in [3.05, 3.63) is 38.9 Å². The molecule has 6 nitrogen and oxygen atoms in total. The summed E-state index contributed by atoms with van der Waals surface area (Å²) in [7, 11) is 0. The van der Waals surface area contributed by atoms with Crippen LogP contribution in [-0.2, 0) is 0 Å². The standard InChI is InChI=1S/C14H17ClN2O4/c15-13-9-11(17(20)21)5-6-12(13)14(19)16(7-2-8-18)10-3-1-4-10/h5-6,9-10,18H,1-4,7-8H2. The van der Waals surface area contributed by atoms with Gasteiger partial charge >= 0.3 is 0 Å². The van der Waals surface area contributed by atoms with E-state index >= 15 is 0 Å². The van der Waals surface area contributed by atoms with Gasteiger partial charge in [0.05, 0.1) is 15.5 Å². The van der Waals surface area contributed by atoms with E-state index in [2.05, 4.69) is 0 Å². The van der Waals surface area contributed by atoms with Gasteiger partial charge in [-0.05, 0) is 31.7 Å². The summed E-state index contributed by atoms with van der Waals surface area (Å²) >= 11 is 6.01. The summed E-state index contributed by atoms with van der Waals surface area (Å²) in [6, 6.07) is 4.05. The topological polar surface area (TPSA) is 83.7 Å². The van der Waals surface area contributed by atoms with Crippen molar-refractivity contribution >= 4 is 23.2 Å². The molecule has 1 N–H and O–H groups in total. The molecular formula is C14H17ClN2O4. The van der Waals surface area contributed by atoms with Gasteiger partial charge in [-0.25, -0.2) is 0 Å². The van der Waals surface area contributed by atoms with Crippen LogP contribution in [0.2, 0.25) is 5.02 Å². The first-order chi connectivity index (χ1) is 10.0. The number of amides is 1. The number of nitrogens with zero attached hydrogens (tertiary/aromatic N) is 2. The molecule has 1 amide bonds. The number of aliphatic hydroxyl groups excluding tert-OH is 1. The number of non-ortho nitro benzene ring substituents is 1. The second-order valence-electron chi connectivity index (χ2n) is 5.08. The summed E-state index contributed by atoms with van der Waals surface area (Å²) in [5.41, 5.74) is 0.134. The van der Waals surface area contributed by atoms with Crippen LogP contribution in [0.25, 0.3) is 0 Å². The molecule has 0 aromatic heterocycles. The Morgan fingerprint density at radius 2 is 2.19 bits per heavy atom. The second kappa shape index (κ2) is 6.87. The van der Waals surface area contributed by atoms with Crippen LogP contribution in [0.4, 0.5) is 5.69 Å². The van der Waals surface area contributed by atoms with E-state index in [9.17, 15) is 14.9 Å². The van der Waals surface area contributed by atoms with Crippen molar-refractivity contribution in [2.24, 2.45) is 0 Å². The molecule has 0 heterocycles. The maximum atomic E-state index is 12.6. The molecule has 0 spiro atoms. The maximum Gasteiger partial charge on any atom is 0.270 e. The highest BCUT2D eigenvalue weighted by Crippen LogP contribution is 2.29. The number of halogens is 1. The Bertz CT molecular complexity index is 546. The Balaban J connectivity index is 2.21. The van der Waals surface area contributed by atoms with Crippen LogP contribution < -0.4 is 0 Å². The lowest BCUT2D eigenvalue weighted by Gasteiger charge is -2.37. The molecule has 1 aliphatic carbocycles. The predicted molar refractivity (Wildman–Crippen MR) is 78.5 cm³/mol. The lowest BCUT2D eigenvalue weighted by molar-refractivity contribution is -0.384. The third-order valence-corrected chi connectivity index (χ3v) is 4.04. The predicted octanol–water partition coefficient (Wildman–Crippen LogP) is 2.63. The highest BCUT2D eigenvalue weighted by atomic mass is 35.5. The number of hydrogen-bond donors (Lipinski definition) is 1. The van der Waals surface area contributed by atoms with Crippen molar-refractivity contribution < 1.29 is 14.8 Å². The van der Waals surface area contributed by atoms with E-state index in [1.807, 2.05) is 0 Å². The quantitative estimate of drug-likeness (QED) is 0.646. The van der Waals surface area contributed by atoms with E-state index in [0.717, 1.165) is 19.3 Å². The molecular weight excluding hydrogens is 296 g/mol. The van der Waals surface area contributed by atoms with Gasteiger partial charge in [-0.15, -0.1) is 0 Å². The van der Waals surface area contributed by atoms with Crippen molar-refractivity contribution in [3.63, 3.8) is 0 Å². The molecule has 2 rings (SSSR count). The molecule has 0 atom stereocenters. The average molecular weight is 313 g/mol. The van der Waals surface area contributed by atoms with Gasteiger partial charge in [0.15, 0.2) is 0 Å². The summed E-state index contributed by atoms with van der Waals surface area (Å²) < 4.78 is 0. The third-order valence-electron chi connectivity index (χ3n) is 3.73. The highest BCUT2D eigenvalue weighted by Gasteiger charge is 2.30. The van der Waals surface area contributed by atoms with E-state index in [-0.39, 0.29) is 34.8 Å². The number of rotatable bonds is 6. The van der Waals surface area contributed by atoms with Crippen LogP contribution in [0.3, 0.4) is 0 Å². The molecule has 0 bridgehead atoms. The first kappa shape index (κ1) is 15.7. The lowest BCUT2D eigenvalue weighted by Crippen LogP contribution is -2.45. The largest absolute Gasteiger partial charge is 0.396 e. The van der Waals surface area contributed by atoms with Crippen LogP contribution in [0, 0.1) is 10.1 Å². The third kappa shape index (κ3) is 3.51. The summed E-state index contributed by atoms with van der Waals surface area (Å²) in [5.74, 6) is -0.229. The molecule has 1 aromatic rings. The van der Waals surface area contributed by atoms with Crippen molar-refractivity contribution in [2.75, 3.05) is 13.2 Å². The van der Waals surface area contributed by atoms with Crippen LogP contribution >= 0.6 is 11.6 Å². The minimum atomic E-state index is -0.546. The molecule has 1 saturated carbocycles. The van der Waals surface area contributed by atoms with Gasteiger partial charge in [0, 0.05) is 31.3 Å². The van der Waals surface area contributed by atoms with E-state index in [0.29, 0.717) is 13.0 Å². The first-order valence-corrected chi connectivity index (χ1v) is 7.28. The minimum absolute atomic E-state index is 0.0183. The number of nitro groups is 1. The monoisotopic (exact) mass is 312 g/mol. The van der Waals surface area contributed by atoms with Crippen LogP contribution in [-0.4, -0.2) is 40.0 Å². The maximum absolute atomic E-state index is 12.6. The number of nitro benzene ring substituents is 1. The first-order valence-electron chi connectivity index (χ1n) is 6.90. The normalized spacial score (nSPS) is 14.6. The molecule has 1 fully saturated rings. The van der Waals surface area contributed by atoms with Gasteiger partial charge < -0.3 is 10.0 Å². The molecule has 0 aliphatic heterocycles. The van der Waals surface area contributed by atoms with Crippen molar-refractivity contribution in [2.45, 2.75) is 31.7 Å². The molecule has 1 aliphatic rings. The number of benzene rings is 1. The van der Waals surface area contributed by atoms with Crippen LogP contribution in [0.15, 0.2) is 18.2 Å². The van der Waals surface area contributed by atoms with Crippen molar-refractivity contribution in [1.82, 2.24) is 4.90 Å². The van der Waals surface area contributed by atoms with Gasteiger partial charge in [0.25, 0.3) is 11.6 Å². The van der Waals surface area contributed by atoms with Crippen molar-refractivity contribution in [1.29, 1.82) is 0 Å². The fourth-order valence-electron chi connectivity index (χ4n) is 2.34. The Kier molecular flexibility index (Phi) is 5.14. The highest BCUT2D eigenvalue weighted by molar-refractivity contribution is 6.34. The van der Waals surface area contributed by atoms with Crippen LogP contribution in [0.5, 0.6) is 0 Å². The second-order valence-corrected chi connectivity index (χ2v) is 5.49. The zero-order chi connectivity index (χ0) is 15.4. The SMILES string of the molecule is O=C(c1ccc([N+](=O)[O-])cc1Cl)N(CCCO)C1CCC1. The Morgan fingerprint density at radius 1 is 1.48 bits per heavy atom.